The van der Waals surface area contributed by atoms with Gasteiger partial charge in [0.1, 0.15) is 12.1 Å². The third kappa shape index (κ3) is 4.93. The third-order valence-electron chi connectivity index (χ3n) is 3.43. The van der Waals surface area contributed by atoms with Crippen LogP contribution in [-0.4, -0.2) is 38.9 Å². The number of nitrogens with zero attached hydrogens (tertiary/aromatic N) is 4. The van der Waals surface area contributed by atoms with Gasteiger partial charge in [-0.05, 0) is 37.3 Å². The predicted molar refractivity (Wildman–Crippen MR) is 101 cm³/mol. The van der Waals surface area contributed by atoms with Crippen LogP contribution in [0.25, 0.3) is 5.82 Å². The molecule has 2 aromatic heterocycles. The second-order valence-corrected chi connectivity index (χ2v) is 5.91. The number of carbonyl (C=O) groups is 1. The first-order valence-electron chi connectivity index (χ1n) is 7.99. The van der Waals surface area contributed by atoms with Crippen molar-refractivity contribution in [3.63, 3.8) is 0 Å². The maximum Gasteiger partial charge on any atom is 0.319 e. The first kappa shape index (κ1) is 17.7. The van der Waals surface area contributed by atoms with Gasteiger partial charge in [0, 0.05) is 36.1 Å². The van der Waals surface area contributed by atoms with Crippen LogP contribution in [-0.2, 0) is 0 Å². The number of hydrogen-bond acceptors (Lipinski definition) is 5. The van der Waals surface area contributed by atoms with Crippen LogP contribution in [0.5, 0.6) is 0 Å². The summed E-state index contributed by atoms with van der Waals surface area (Å²) >= 11 is 5.81. The molecule has 0 aliphatic heterocycles. The normalized spacial score (nSPS) is 10.4. The summed E-state index contributed by atoms with van der Waals surface area (Å²) in [4.78, 5) is 20.2. The average Bonchev–Trinajstić information content (AvgIpc) is 3.07. The van der Waals surface area contributed by atoms with Crippen LogP contribution < -0.4 is 16.0 Å². The average molecular weight is 372 g/mol. The number of urea groups is 1. The maximum absolute atomic E-state index is 11.8. The Hall–Kier alpha value is -3.13. The monoisotopic (exact) mass is 371 g/mol. The Balaban J connectivity index is 1.45. The van der Waals surface area contributed by atoms with E-state index in [1.54, 1.807) is 35.0 Å². The molecular weight excluding hydrogens is 354 g/mol. The molecule has 2 amide bonds. The van der Waals surface area contributed by atoms with Gasteiger partial charge >= 0.3 is 6.03 Å². The van der Waals surface area contributed by atoms with Crippen LogP contribution in [0.1, 0.15) is 5.69 Å². The molecule has 3 rings (SSSR count). The van der Waals surface area contributed by atoms with E-state index in [2.05, 4.69) is 31.0 Å². The third-order valence-corrected chi connectivity index (χ3v) is 3.68. The van der Waals surface area contributed by atoms with Gasteiger partial charge in [-0.3, -0.25) is 0 Å². The molecule has 0 unspecified atom stereocenters. The van der Waals surface area contributed by atoms with Gasteiger partial charge in [-0.25, -0.2) is 19.4 Å². The number of rotatable bonds is 6. The van der Waals surface area contributed by atoms with Crippen molar-refractivity contribution in [1.29, 1.82) is 0 Å². The van der Waals surface area contributed by atoms with E-state index in [4.69, 9.17) is 11.6 Å². The maximum atomic E-state index is 11.8. The van der Waals surface area contributed by atoms with Crippen molar-refractivity contribution in [3.8, 4) is 5.82 Å². The second kappa shape index (κ2) is 8.30. The van der Waals surface area contributed by atoms with E-state index in [-0.39, 0.29) is 6.03 Å². The number of anilines is 2. The zero-order chi connectivity index (χ0) is 18.4. The summed E-state index contributed by atoms with van der Waals surface area (Å²) in [7, 11) is 0. The molecule has 0 bridgehead atoms. The van der Waals surface area contributed by atoms with Gasteiger partial charge in [0.25, 0.3) is 0 Å². The van der Waals surface area contributed by atoms with Crippen LogP contribution >= 0.6 is 11.6 Å². The zero-order valence-corrected chi connectivity index (χ0v) is 14.9. The predicted octanol–water partition coefficient (Wildman–Crippen LogP) is 2.86. The first-order chi connectivity index (χ1) is 12.6. The van der Waals surface area contributed by atoms with E-state index in [1.165, 1.54) is 6.33 Å². The van der Waals surface area contributed by atoms with E-state index < -0.39 is 0 Å². The number of benzene rings is 1. The second-order valence-electron chi connectivity index (χ2n) is 5.48. The number of carbonyl (C=O) groups excluding carboxylic acids is 1. The number of aryl methyl sites for hydroxylation is 1. The highest BCUT2D eigenvalue weighted by Gasteiger charge is 2.03. The molecule has 8 nitrogen and oxygen atoms in total. The largest absolute Gasteiger partial charge is 0.368 e. The van der Waals surface area contributed by atoms with Gasteiger partial charge in [-0.1, -0.05) is 11.6 Å². The molecule has 0 spiro atoms. The van der Waals surface area contributed by atoms with Crippen molar-refractivity contribution in [3.05, 3.63) is 59.6 Å². The van der Waals surface area contributed by atoms with Gasteiger partial charge in [-0.15, -0.1) is 0 Å². The molecule has 9 heteroatoms. The topological polar surface area (TPSA) is 96.8 Å². The van der Waals surface area contributed by atoms with Crippen LogP contribution in [0.4, 0.5) is 16.3 Å². The first-order valence-corrected chi connectivity index (χ1v) is 8.37. The Morgan fingerprint density at radius 3 is 2.69 bits per heavy atom. The minimum Gasteiger partial charge on any atom is -0.368 e. The van der Waals surface area contributed by atoms with Gasteiger partial charge in [0.05, 0.1) is 5.69 Å². The molecule has 0 atom stereocenters. The van der Waals surface area contributed by atoms with E-state index >= 15 is 0 Å². The molecule has 134 valence electrons. The lowest BCUT2D eigenvalue weighted by atomic mass is 10.3. The fourth-order valence-corrected chi connectivity index (χ4v) is 2.31. The fourth-order valence-electron chi connectivity index (χ4n) is 2.19. The van der Waals surface area contributed by atoms with Crippen LogP contribution in [0.3, 0.4) is 0 Å². The molecule has 26 heavy (non-hydrogen) atoms. The van der Waals surface area contributed by atoms with E-state index in [0.29, 0.717) is 35.4 Å². The summed E-state index contributed by atoms with van der Waals surface area (Å²) in [5.74, 6) is 1.33. The standard InChI is InChI=1S/C17H18ClN7O/c1-12-6-9-25(24-12)16-10-15(21-11-22-16)19-7-8-20-17(26)23-14-4-2-13(18)3-5-14/h2-6,9-11H,7-8H2,1H3,(H,19,21,22)(H2,20,23,26). The summed E-state index contributed by atoms with van der Waals surface area (Å²) in [6, 6.07) is 10.3. The summed E-state index contributed by atoms with van der Waals surface area (Å²) < 4.78 is 1.68. The van der Waals surface area contributed by atoms with E-state index in [1.807, 2.05) is 19.2 Å². The van der Waals surface area contributed by atoms with Crippen LogP contribution in [0.15, 0.2) is 48.9 Å². The molecule has 1 aromatic carbocycles. The van der Waals surface area contributed by atoms with Crippen molar-refractivity contribution >= 4 is 29.1 Å². The van der Waals surface area contributed by atoms with Crippen molar-refractivity contribution in [1.82, 2.24) is 25.1 Å². The highest BCUT2D eigenvalue weighted by molar-refractivity contribution is 6.30. The Kier molecular flexibility index (Phi) is 5.65. The van der Waals surface area contributed by atoms with E-state index in [0.717, 1.165) is 5.69 Å². The molecule has 0 saturated carbocycles. The SMILES string of the molecule is Cc1ccn(-c2cc(NCCNC(=O)Nc3ccc(Cl)cc3)ncn2)n1. The van der Waals surface area contributed by atoms with Crippen LogP contribution in [0.2, 0.25) is 5.02 Å². The zero-order valence-electron chi connectivity index (χ0n) is 14.1. The molecule has 3 N–H and O–H groups in total. The lowest BCUT2D eigenvalue weighted by Crippen LogP contribution is -2.32. The summed E-state index contributed by atoms with van der Waals surface area (Å²) in [6.45, 7) is 2.86. The number of halogens is 1. The van der Waals surface area contributed by atoms with E-state index in [9.17, 15) is 4.79 Å². The highest BCUT2D eigenvalue weighted by atomic mass is 35.5. The number of amides is 2. The van der Waals surface area contributed by atoms with Gasteiger partial charge < -0.3 is 16.0 Å². The lowest BCUT2D eigenvalue weighted by Gasteiger charge is -2.09. The Bertz CT molecular complexity index is 879. The Morgan fingerprint density at radius 1 is 1.15 bits per heavy atom. The number of hydrogen-bond donors (Lipinski definition) is 3. The van der Waals surface area contributed by atoms with Crippen molar-refractivity contribution < 1.29 is 4.79 Å². The summed E-state index contributed by atoms with van der Waals surface area (Å²) in [6.07, 6.45) is 3.31. The minimum atomic E-state index is -0.287. The molecule has 0 radical (unpaired) electrons. The van der Waals surface area contributed by atoms with Crippen molar-refractivity contribution in [2.75, 3.05) is 23.7 Å². The summed E-state index contributed by atoms with van der Waals surface area (Å²) in [5.41, 5.74) is 1.59. The number of nitrogens with one attached hydrogen (secondary N) is 3. The molecule has 0 fully saturated rings. The molecule has 0 saturated heterocycles. The molecular formula is C17H18ClN7O. The molecule has 0 aliphatic carbocycles. The fraction of sp³-hybridized carbons (Fsp3) is 0.176. The molecule has 0 aliphatic rings. The minimum absolute atomic E-state index is 0.287. The van der Waals surface area contributed by atoms with Gasteiger partial charge in [0.2, 0.25) is 0 Å². The quantitative estimate of drug-likeness (QED) is 0.579. The lowest BCUT2D eigenvalue weighted by molar-refractivity contribution is 0.252. The number of aromatic nitrogens is 4. The highest BCUT2D eigenvalue weighted by Crippen LogP contribution is 2.13. The Morgan fingerprint density at radius 2 is 1.96 bits per heavy atom. The summed E-state index contributed by atoms with van der Waals surface area (Å²) in [5, 5.41) is 13.6. The van der Waals surface area contributed by atoms with Crippen molar-refractivity contribution in [2.45, 2.75) is 6.92 Å². The van der Waals surface area contributed by atoms with Crippen LogP contribution in [0, 0.1) is 6.92 Å². The van der Waals surface area contributed by atoms with Gasteiger partial charge in [-0.2, -0.15) is 5.10 Å². The molecule has 2 heterocycles. The smallest absolute Gasteiger partial charge is 0.319 e. The Labute approximate surface area is 155 Å². The molecule has 3 aromatic rings. The van der Waals surface area contributed by atoms with Gasteiger partial charge in [0.15, 0.2) is 5.82 Å². The van der Waals surface area contributed by atoms with Crippen molar-refractivity contribution in [2.24, 2.45) is 0 Å².